The third kappa shape index (κ3) is 5.14. The van der Waals surface area contributed by atoms with Crippen LogP contribution in [-0.2, 0) is 21.3 Å². The number of ether oxygens (including phenoxy) is 1. The molecule has 1 aromatic heterocycles. The number of hydrogen-bond acceptors (Lipinski definition) is 6. The highest BCUT2D eigenvalue weighted by Gasteiger charge is 2.23. The van der Waals surface area contributed by atoms with Gasteiger partial charge in [-0.05, 0) is 39.8 Å². The number of amides is 1. The highest BCUT2D eigenvalue weighted by atomic mass is 32.2. The zero-order valence-corrected chi connectivity index (χ0v) is 16.6. The summed E-state index contributed by atoms with van der Waals surface area (Å²) in [4.78, 5) is 18.4. The predicted molar refractivity (Wildman–Crippen MR) is 100 cm³/mol. The van der Waals surface area contributed by atoms with E-state index in [1.54, 1.807) is 18.1 Å². The fourth-order valence-corrected chi connectivity index (χ4v) is 3.69. The van der Waals surface area contributed by atoms with Gasteiger partial charge in [-0.1, -0.05) is 17.3 Å². The quantitative estimate of drug-likeness (QED) is 0.701. The van der Waals surface area contributed by atoms with Gasteiger partial charge in [-0.25, -0.2) is 0 Å². The van der Waals surface area contributed by atoms with Gasteiger partial charge in [0.05, 0.1) is 7.11 Å². The van der Waals surface area contributed by atoms with Crippen LogP contribution >= 0.6 is 0 Å². The number of nitrogens with zero attached hydrogens (tertiary/aromatic N) is 3. The zero-order chi connectivity index (χ0) is 19.3. The van der Waals surface area contributed by atoms with Crippen LogP contribution in [-0.4, -0.2) is 50.1 Å². The highest BCUT2D eigenvalue weighted by molar-refractivity contribution is 7.84. The predicted octanol–water partition coefficient (Wildman–Crippen LogP) is 2.64. The maximum atomic E-state index is 12.4. The highest BCUT2D eigenvalue weighted by Crippen LogP contribution is 2.21. The number of carbonyl (C=O) groups excluding carboxylic acids is 1. The average molecular weight is 379 g/mol. The lowest BCUT2D eigenvalue weighted by molar-refractivity contribution is -0.131. The van der Waals surface area contributed by atoms with E-state index in [9.17, 15) is 9.00 Å². The van der Waals surface area contributed by atoms with Crippen molar-refractivity contribution in [1.82, 2.24) is 15.0 Å². The molecule has 1 atom stereocenters. The van der Waals surface area contributed by atoms with E-state index < -0.39 is 10.8 Å². The Hall–Kier alpha value is -2.22. The first-order valence-corrected chi connectivity index (χ1v) is 9.93. The number of hydrogen-bond donors (Lipinski definition) is 0. The fraction of sp³-hybridized carbons (Fsp3) is 0.500. The van der Waals surface area contributed by atoms with Gasteiger partial charge in [-0.3, -0.25) is 9.00 Å². The Morgan fingerprint density at radius 1 is 1.27 bits per heavy atom. The van der Waals surface area contributed by atoms with E-state index in [4.69, 9.17) is 9.26 Å². The Kier molecular flexibility index (Phi) is 6.90. The lowest BCUT2D eigenvalue weighted by atomic mass is 10.2. The minimum absolute atomic E-state index is 0.0484. The molecule has 0 aliphatic heterocycles. The Balaban J connectivity index is 2.02. The Morgan fingerprint density at radius 3 is 2.58 bits per heavy atom. The number of aromatic nitrogens is 2. The van der Waals surface area contributed by atoms with Crippen molar-refractivity contribution in [2.45, 2.75) is 45.5 Å². The summed E-state index contributed by atoms with van der Waals surface area (Å²) in [7, 11) is 0.166. The maximum Gasteiger partial charge on any atom is 0.239 e. The summed E-state index contributed by atoms with van der Waals surface area (Å²) in [5, 5.41) is 3.91. The topological polar surface area (TPSA) is 85.5 Å². The van der Waals surface area contributed by atoms with Crippen molar-refractivity contribution in [3.63, 3.8) is 0 Å². The summed E-state index contributed by atoms with van der Waals surface area (Å²) in [5.74, 6) is 1.18. The third-order valence-electron chi connectivity index (χ3n) is 3.77. The molecule has 0 saturated heterocycles. The Bertz CT molecular complexity index is 765. The van der Waals surface area contributed by atoms with Crippen molar-refractivity contribution in [3.8, 4) is 17.1 Å². The Morgan fingerprint density at radius 2 is 1.96 bits per heavy atom. The smallest absolute Gasteiger partial charge is 0.239 e. The molecule has 0 saturated carbocycles. The SMILES string of the molecule is COc1cccc(-c2noc(CS(=O)CC(=O)N(C(C)C)C(C)C)n2)c1. The number of rotatable bonds is 8. The molecule has 2 aromatic rings. The van der Waals surface area contributed by atoms with Gasteiger partial charge in [0.2, 0.25) is 17.6 Å². The van der Waals surface area contributed by atoms with Crippen molar-refractivity contribution < 1.29 is 18.3 Å². The molecule has 1 heterocycles. The molecule has 8 heteroatoms. The molecule has 1 unspecified atom stereocenters. The van der Waals surface area contributed by atoms with Crippen molar-refractivity contribution in [2.24, 2.45) is 0 Å². The van der Waals surface area contributed by atoms with Gasteiger partial charge in [0.25, 0.3) is 0 Å². The summed E-state index contributed by atoms with van der Waals surface area (Å²) in [6.07, 6.45) is 0. The van der Waals surface area contributed by atoms with Crippen molar-refractivity contribution in [3.05, 3.63) is 30.2 Å². The maximum absolute atomic E-state index is 12.4. The average Bonchev–Trinajstić information content (AvgIpc) is 3.02. The summed E-state index contributed by atoms with van der Waals surface area (Å²) in [6.45, 7) is 7.77. The normalized spacial score (nSPS) is 12.4. The number of benzene rings is 1. The molecular formula is C18H25N3O4S. The first-order valence-electron chi connectivity index (χ1n) is 8.45. The molecule has 26 heavy (non-hydrogen) atoms. The first-order chi connectivity index (χ1) is 12.3. The lowest BCUT2D eigenvalue weighted by Gasteiger charge is -2.30. The van der Waals surface area contributed by atoms with Gasteiger partial charge in [-0.15, -0.1) is 0 Å². The number of methoxy groups -OCH3 is 1. The summed E-state index contributed by atoms with van der Waals surface area (Å²) in [6, 6.07) is 7.39. The van der Waals surface area contributed by atoms with Crippen LogP contribution in [0.3, 0.4) is 0 Å². The molecule has 0 spiro atoms. The van der Waals surface area contributed by atoms with Crippen molar-refractivity contribution in [1.29, 1.82) is 0 Å². The minimum Gasteiger partial charge on any atom is -0.497 e. The van der Waals surface area contributed by atoms with Crippen LogP contribution in [0, 0.1) is 0 Å². The van der Waals surface area contributed by atoms with Crippen LogP contribution in [0.25, 0.3) is 11.4 Å². The van der Waals surface area contributed by atoms with Crippen LogP contribution in [0.5, 0.6) is 5.75 Å². The lowest BCUT2D eigenvalue weighted by Crippen LogP contribution is -2.44. The molecule has 0 bridgehead atoms. The second kappa shape index (κ2) is 8.93. The second-order valence-corrected chi connectivity index (χ2v) is 7.92. The summed E-state index contributed by atoms with van der Waals surface area (Å²) >= 11 is 0. The van der Waals surface area contributed by atoms with Gasteiger partial charge in [0.15, 0.2) is 0 Å². The summed E-state index contributed by atoms with van der Waals surface area (Å²) < 4.78 is 22.7. The van der Waals surface area contributed by atoms with Gasteiger partial charge in [0, 0.05) is 28.4 Å². The van der Waals surface area contributed by atoms with Gasteiger partial charge in [-0.2, -0.15) is 4.98 Å². The molecule has 0 aliphatic carbocycles. The molecule has 0 fully saturated rings. The van der Waals surface area contributed by atoms with Crippen molar-refractivity contribution >= 4 is 16.7 Å². The van der Waals surface area contributed by atoms with E-state index in [2.05, 4.69) is 10.1 Å². The van der Waals surface area contributed by atoms with E-state index in [-0.39, 0.29) is 35.4 Å². The molecule has 0 radical (unpaired) electrons. The molecule has 1 aromatic carbocycles. The van der Waals surface area contributed by atoms with Gasteiger partial charge >= 0.3 is 0 Å². The molecule has 0 aliphatic rings. The molecule has 2 rings (SSSR count). The molecule has 142 valence electrons. The number of carbonyl (C=O) groups is 1. The van der Waals surface area contributed by atoms with Crippen LogP contribution in [0.2, 0.25) is 0 Å². The van der Waals surface area contributed by atoms with Gasteiger partial charge < -0.3 is 14.2 Å². The largest absolute Gasteiger partial charge is 0.497 e. The van der Waals surface area contributed by atoms with Crippen LogP contribution in [0.15, 0.2) is 28.8 Å². The van der Waals surface area contributed by atoms with Crippen LogP contribution in [0.1, 0.15) is 33.6 Å². The molecular weight excluding hydrogens is 354 g/mol. The molecule has 7 nitrogen and oxygen atoms in total. The second-order valence-electron chi connectivity index (χ2n) is 6.46. The minimum atomic E-state index is -1.42. The summed E-state index contributed by atoms with van der Waals surface area (Å²) in [5.41, 5.74) is 0.743. The van der Waals surface area contributed by atoms with Gasteiger partial charge in [0.1, 0.15) is 17.3 Å². The van der Waals surface area contributed by atoms with Crippen LogP contribution < -0.4 is 4.74 Å². The fourth-order valence-electron chi connectivity index (χ4n) is 2.77. The van der Waals surface area contributed by atoms with E-state index in [1.165, 1.54) is 0 Å². The Labute approximate surface area is 156 Å². The first kappa shape index (κ1) is 20.1. The van der Waals surface area contributed by atoms with Crippen LogP contribution in [0.4, 0.5) is 0 Å². The monoisotopic (exact) mass is 379 g/mol. The van der Waals surface area contributed by atoms with E-state index in [0.717, 1.165) is 5.56 Å². The van der Waals surface area contributed by atoms with E-state index >= 15 is 0 Å². The molecule has 0 N–H and O–H groups in total. The van der Waals surface area contributed by atoms with E-state index in [0.29, 0.717) is 11.6 Å². The molecule has 1 amide bonds. The standard InChI is InChI=1S/C18H25N3O4S/c1-12(2)21(13(3)4)17(22)11-26(23)10-16-19-18(20-25-16)14-7-6-8-15(9-14)24-5/h6-9,12-13H,10-11H2,1-5H3. The van der Waals surface area contributed by atoms with Crippen molar-refractivity contribution in [2.75, 3.05) is 12.9 Å². The third-order valence-corrected chi connectivity index (χ3v) is 4.90. The van der Waals surface area contributed by atoms with E-state index in [1.807, 2.05) is 45.9 Å². The zero-order valence-electron chi connectivity index (χ0n) is 15.8.